The summed E-state index contributed by atoms with van der Waals surface area (Å²) < 4.78 is 21.1. The van der Waals surface area contributed by atoms with Crippen molar-refractivity contribution in [2.45, 2.75) is 54.4 Å². The normalized spacial score (nSPS) is 12.6. The Balaban J connectivity index is 2.39. The zero-order valence-corrected chi connectivity index (χ0v) is 29.4. The summed E-state index contributed by atoms with van der Waals surface area (Å²) in [6.45, 7) is 11.9. The predicted molar refractivity (Wildman–Crippen MR) is 172 cm³/mol. The minimum atomic E-state index is -1.65. The van der Waals surface area contributed by atoms with E-state index in [0.29, 0.717) is 0 Å². The molecule has 44 heavy (non-hydrogen) atoms. The molecule has 2 aromatic carbocycles. The van der Waals surface area contributed by atoms with Gasteiger partial charge in [-0.25, -0.2) is 19.2 Å². The molecule has 0 bridgehead atoms. The number of hydrogen-bond acceptors (Lipinski definition) is 8. The number of ether oxygens (including phenoxy) is 4. The highest BCUT2D eigenvalue weighted by Gasteiger charge is 2.32. The van der Waals surface area contributed by atoms with Gasteiger partial charge in [-0.3, -0.25) is 0 Å². The summed E-state index contributed by atoms with van der Waals surface area (Å²) in [6, 6.07) is 2.23. The third kappa shape index (κ3) is 9.54. The molecule has 0 heterocycles. The molecule has 0 amide bonds. The van der Waals surface area contributed by atoms with Crippen molar-refractivity contribution in [3.8, 4) is 11.5 Å². The molecule has 0 saturated carbocycles. The van der Waals surface area contributed by atoms with E-state index >= 15 is 0 Å². The van der Waals surface area contributed by atoms with Gasteiger partial charge in [0.2, 0.25) is 0 Å². The number of esters is 4. The second kappa shape index (κ2) is 17.1. The number of carbonyl (C=O) groups is 4. The molecule has 0 N–H and O–H groups in total. The van der Waals surface area contributed by atoms with Crippen molar-refractivity contribution in [2.75, 3.05) is 13.2 Å². The van der Waals surface area contributed by atoms with E-state index in [1.165, 1.54) is 0 Å². The van der Waals surface area contributed by atoms with Gasteiger partial charge in [0.15, 0.2) is 11.5 Å². The summed E-state index contributed by atoms with van der Waals surface area (Å²) in [5.41, 5.74) is -0.951. The Morgan fingerprint density at radius 2 is 0.909 bits per heavy atom. The summed E-state index contributed by atoms with van der Waals surface area (Å²) in [4.78, 5) is 51.9. The van der Waals surface area contributed by atoms with Gasteiger partial charge in [-0.1, -0.05) is 111 Å². The Kier molecular flexibility index (Phi) is 14.9. The summed E-state index contributed by atoms with van der Waals surface area (Å²) in [6.07, 6.45) is 1.46. The topological polar surface area (TPSA) is 105 Å². The van der Waals surface area contributed by atoms with Crippen LogP contribution >= 0.6 is 69.6 Å². The SMILES string of the molecule is CCC(COC(=O)c1c(Cl)c(Cl)cc(Cl)c1OC(=O)C(=O)Oc1c(Cl)cc(Cl)c(Cl)c1C(=O)OC[C@H](CC)C(C)C)C(C)C. The molecule has 8 nitrogen and oxygen atoms in total. The van der Waals surface area contributed by atoms with Gasteiger partial charge < -0.3 is 18.9 Å². The van der Waals surface area contributed by atoms with Crippen LogP contribution in [-0.2, 0) is 19.1 Å². The molecule has 14 heteroatoms. The van der Waals surface area contributed by atoms with Crippen molar-refractivity contribution in [2.24, 2.45) is 23.7 Å². The fraction of sp³-hybridized carbons (Fsp3) is 0.467. The Hall–Kier alpha value is -1.94. The third-order valence-electron chi connectivity index (χ3n) is 7.01. The maximum absolute atomic E-state index is 13.1. The first-order chi connectivity index (χ1) is 20.5. The maximum Gasteiger partial charge on any atom is 0.423 e. The Labute approximate surface area is 286 Å². The molecule has 2 atom stereocenters. The van der Waals surface area contributed by atoms with Crippen molar-refractivity contribution >= 4 is 93.5 Å². The Morgan fingerprint density at radius 1 is 0.591 bits per heavy atom. The van der Waals surface area contributed by atoms with E-state index in [1.54, 1.807) is 0 Å². The number of hydrogen-bond donors (Lipinski definition) is 0. The van der Waals surface area contributed by atoms with E-state index in [0.717, 1.165) is 25.0 Å². The van der Waals surface area contributed by atoms with Gasteiger partial charge in [0.25, 0.3) is 0 Å². The van der Waals surface area contributed by atoms with E-state index < -0.39 is 46.5 Å². The molecule has 2 aromatic rings. The molecular formula is C30H32Cl6O8. The lowest BCUT2D eigenvalue weighted by atomic mass is 9.94. The minimum Gasteiger partial charge on any atom is -0.462 e. The summed E-state index contributed by atoms with van der Waals surface area (Å²) in [5.74, 6) is -5.99. The summed E-state index contributed by atoms with van der Waals surface area (Å²) in [5, 5.41) is -1.55. The van der Waals surface area contributed by atoms with Crippen molar-refractivity contribution in [1.82, 2.24) is 0 Å². The molecule has 0 aliphatic rings. The van der Waals surface area contributed by atoms with Crippen LogP contribution in [0.2, 0.25) is 30.1 Å². The highest BCUT2D eigenvalue weighted by Crippen LogP contribution is 2.42. The highest BCUT2D eigenvalue weighted by molar-refractivity contribution is 6.47. The van der Waals surface area contributed by atoms with Gasteiger partial charge in [-0.05, 0) is 48.6 Å². The van der Waals surface area contributed by atoms with Crippen molar-refractivity contribution in [3.05, 3.63) is 53.4 Å². The Bertz CT molecular complexity index is 1300. The van der Waals surface area contributed by atoms with E-state index in [4.69, 9.17) is 88.6 Å². The molecule has 0 aliphatic carbocycles. The van der Waals surface area contributed by atoms with Crippen LogP contribution in [0, 0.1) is 23.7 Å². The van der Waals surface area contributed by atoms with Crippen molar-refractivity contribution in [3.63, 3.8) is 0 Å². The van der Waals surface area contributed by atoms with E-state index in [1.807, 2.05) is 41.5 Å². The molecule has 0 fully saturated rings. The first-order valence-corrected chi connectivity index (χ1v) is 15.9. The van der Waals surface area contributed by atoms with Gasteiger partial charge in [-0.2, -0.15) is 0 Å². The van der Waals surface area contributed by atoms with Crippen LogP contribution in [0.4, 0.5) is 0 Å². The standard InChI is InChI=1S/C30H32Cl6O8/c1-7-15(13(3)4)11-41-27(37)21-23(35)17(31)9-19(33)25(21)43-29(39)30(40)44-26-20(34)10-18(32)24(36)22(26)28(38)42-12-16(8-2)14(5)6/h9-10,13-16H,7-8,11-12H2,1-6H3/t15-,16?/m0/s1. The minimum absolute atomic E-state index is 0.0309. The van der Waals surface area contributed by atoms with Crippen LogP contribution in [0.3, 0.4) is 0 Å². The molecule has 0 spiro atoms. The number of halogens is 6. The first-order valence-electron chi connectivity index (χ1n) is 13.7. The second-order valence-electron chi connectivity index (χ2n) is 10.5. The lowest BCUT2D eigenvalue weighted by molar-refractivity contribution is -0.156. The second-order valence-corrected chi connectivity index (χ2v) is 12.9. The van der Waals surface area contributed by atoms with Gasteiger partial charge in [0.1, 0.15) is 11.1 Å². The van der Waals surface area contributed by atoms with Crippen LogP contribution < -0.4 is 9.47 Å². The quantitative estimate of drug-likeness (QED) is 0.0919. The molecule has 0 aliphatic heterocycles. The lowest BCUT2D eigenvalue weighted by Gasteiger charge is -2.20. The van der Waals surface area contributed by atoms with Crippen molar-refractivity contribution in [1.29, 1.82) is 0 Å². The van der Waals surface area contributed by atoms with Gasteiger partial charge in [-0.15, -0.1) is 0 Å². The third-order valence-corrected chi connectivity index (χ3v) is 9.15. The number of benzene rings is 2. The maximum atomic E-state index is 13.1. The largest absolute Gasteiger partial charge is 0.462 e. The molecule has 0 aromatic heterocycles. The monoisotopic (exact) mass is 730 g/mol. The lowest BCUT2D eigenvalue weighted by Crippen LogP contribution is -2.28. The summed E-state index contributed by atoms with van der Waals surface area (Å²) in [7, 11) is 0. The van der Waals surface area contributed by atoms with Crippen LogP contribution in [0.25, 0.3) is 0 Å². The predicted octanol–water partition coefficient (Wildman–Crippen LogP) is 9.80. The number of rotatable bonds is 12. The first kappa shape index (κ1) is 38.2. The van der Waals surface area contributed by atoms with E-state index in [2.05, 4.69) is 0 Å². The van der Waals surface area contributed by atoms with Crippen LogP contribution in [0.1, 0.15) is 75.1 Å². The highest BCUT2D eigenvalue weighted by atomic mass is 35.5. The zero-order valence-electron chi connectivity index (χ0n) is 24.8. The van der Waals surface area contributed by atoms with Crippen LogP contribution in [0.15, 0.2) is 12.1 Å². The average molecular weight is 733 g/mol. The van der Waals surface area contributed by atoms with E-state index in [-0.39, 0.29) is 67.0 Å². The Morgan fingerprint density at radius 3 is 1.18 bits per heavy atom. The molecule has 2 rings (SSSR count). The fourth-order valence-corrected chi connectivity index (χ4v) is 5.50. The summed E-state index contributed by atoms with van der Waals surface area (Å²) >= 11 is 37.2. The fourth-order valence-electron chi connectivity index (χ4n) is 4.06. The average Bonchev–Trinajstić information content (AvgIpc) is 2.94. The smallest absolute Gasteiger partial charge is 0.423 e. The van der Waals surface area contributed by atoms with Gasteiger partial charge in [0.05, 0.1) is 43.3 Å². The van der Waals surface area contributed by atoms with Gasteiger partial charge in [0, 0.05) is 0 Å². The molecular weight excluding hydrogens is 701 g/mol. The molecule has 1 unspecified atom stereocenters. The molecule has 242 valence electrons. The molecule has 0 saturated heterocycles. The zero-order chi connectivity index (χ0) is 33.5. The van der Waals surface area contributed by atoms with Crippen LogP contribution in [-0.4, -0.2) is 37.1 Å². The van der Waals surface area contributed by atoms with Crippen molar-refractivity contribution < 1.29 is 38.1 Å². The number of carbonyl (C=O) groups excluding carboxylic acids is 4. The van der Waals surface area contributed by atoms with Crippen LogP contribution in [0.5, 0.6) is 11.5 Å². The van der Waals surface area contributed by atoms with E-state index in [9.17, 15) is 19.2 Å². The molecule has 0 radical (unpaired) electrons. The van der Waals surface area contributed by atoms with Gasteiger partial charge >= 0.3 is 23.9 Å².